The summed E-state index contributed by atoms with van der Waals surface area (Å²) in [5, 5.41) is 6.20. The van der Waals surface area contributed by atoms with Gasteiger partial charge in [0, 0.05) is 13.1 Å². The van der Waals surface area contributed by atoms with Crippen molar-refractivity contribution in [3.8, 4) is 0 Å². The highest BCUT2D eigenvalue weighted by Crippen LogP contribution is 2.08. The Bertz CT molecular complexity index is 225. The third-order valence-electron chi connectivity index (χ3n) is 3.04. The van der Waals surface area contributed by atoms with E-state index >= 15 is 0 Å². The minimum absolute atomic E-state index is 0.0104. The number of amides is 1. The summed E-state index contributed by atoms with van der Waals surface area (Å²) in [6, 6.07) is 0. The van der Waals surface area contributed by atoms with E-state index in [0.717, 1.165) is 38.9 Å². The maximum Gasteiger partial charge on any atom is 0.248 e. The molecule has 1 saturated heterocycles. The summed E-state index contributed by atoms with van der Waals surface area (Å²) in [5.41, 5.74) is 0. The molecule has 0 spiro atoms. The molecule has 1 amide bonds. The maximum atomic E-state index is 11.7. The molecule has 4 heteroatoms. The van der Waals surface area contributed by atoms with Crippen LogP contribution >= 0.6 is 0 Å². The lowest BCUT2D eigenvalue weighted by molar-refractivity contribution is -0.135. The Morgan fingerprint density at radius 2 is 2.24 bits per heavy atom. The first-order valence-corrected chi connectivity index (χ1v) is 6.73. The van der Waals surface area contributed by atoms with Crippen LogP contribution in [0.15, 0.2) is 0 Å². The van der Waals surface area contributed by atoms with Crippen LogP contribution < -0.4 is 10.6 Å². The van der Waals surface area contributed by atoms with Gasteiger partial charge in [0.2, 0.25) is 5.91 Å². The molecule has 0 bridgehead atoms. The Kier molecular flexibility index (Phi) is 6.52. The van der Waals surface area contributed by atoms with Gasteiger partial charge in [0.05, 0.1) is 6.10 Å². The molecule has 1 rings (SSSR count). The Labute approximate surface area is 104 Å². The molecule has 0 aliphatic carbocycles. The van der Waals surface area contributed by atoms with Crippen molar-refractivity contribution >= 4 is 5.91 Å². The fraction of sp³-hybridized carbons (Fsp3) is 0.923. The molecule has 1 aliphatic heterocycles. The number of hydrogen-bond donors (Lipinski definition) is 2. The lowest BCUT2D eigenvalue weighted by Crippen LogP contribution is -2.42. The van der Waals surface area contributed by atoms with Gasteiger partial charge < -0.3 is 15.4 Å². The highest BCUT2D eigenvalue weighted by Gasteiger charge is 2.20. The van der Waals surface area contributed by atoms with Crippen LogP contribution in [0.5, 0.6) is 0 Å². The van der Waals surface area contributed by atoms with Crippen molar-refractivity contribution in [2.45, 2.75) is 52.2 Å². The van der Waals surface area contributed by atoms with E-state index < -0.39 is 0 Å². The van der Waals surface area contributed by atoms with E-state index in [1.165, 1.54) is 0 Å². The van der Waals surface area contributed by atoms with E-state index in [0.29, 0.717) is 5.92 Å². The summed E-state index contributed by atoms with van der Waals surface area (Å²) in [4.78, 5) is 11.7. The van der Waals surface area contributed by atoms with E-state index in [1.807, 2.05) is 6.92 Å². The predicted octanol–water partition coefficient (Wildman–Crippen LogP) is 1.31. The molecule has 2 atom stereocenters. The molecule has 4 nitrogen and oxygen atoms in total. The average molecular weight is 242 g/mol. The molecule has 0 aromatic carbocycles. The van der Waals surface area contributed by atoms with E-state index in [1.54, 1.807) is 0 Å². The van der Waals surface area contributed by atoms with Gasteiger partial charge in [0.25, 0.3) is 0 Å². The largest absolute Gasteiger partial charge is 0.364 e. The second-order valence-electron chi connectivity index (χ2n) is 5.22. The Morgan fingerprint density at radius 1 is 1.47 bits per heavy atom. The summed E-state index contributed by atoms with van der Waals surface area (Å²) in [5.74, 6) is 0.630. The molecule has 1 fully saturated rings. The van der Waals surface area contributed by atoms with Gasteiger partial charge in [-0.05, 0) is 38.6 Å². The smallest absolute Gasteiger partial charge is 0.248 e. The van der Waals surface area contributed by atoms with Gasteiger partial charge >= 0.3 is 0 Å². The van der Waals surface area contributed by atoms with Gasteiger partial charge in [-0.1, -0.05) is 13.8 Å². The monoisotopic (exact) mass is 242 g/mol. The number of hydrogen-bond acceptors (Lipinski definition) is 3. The molecule has 0 saturated carbocycles. The summed E-state index contributed by atoms with van der Waals surface area (Å²) in [6.07, 6.45) is 3.05. The molecule has 0 aromatic rings. The van der Waals surface area contributed by atoms with Crippen LogP contribution in [-0.4, -0.2) is 37.7 Å². The second-order valence-corrected chi connectivity index (χ2v) is 5.22. The number of ether oxygens (including phenoxy) is 1. The quantitative estimate of drug-likeness (QED) is 0.738. The van der Waals surface area contributed by atoms with Gasteiger partial charge in [-0.2, -0.15) is 0 Å². The Morgan fingerprint density at radius 3 is 2.82 bits per heavy atom. The van der Waals surface area contributed by atoms with Crippen LogP contribution in [0.4, 0.5) is 0 Å². The normalized spacial score (nSPS) is 22.5. The van der Waals surface area contributed by atoms with Gasteiger partial charge in [0.1, 0.15) is 6.10 Å². The maximum absolute atomic E-state index is 11.7. The van der Waals surface area contributed by atoms with Crippen molar-refractivity contribution in [2.75, 3.05) is 19.6 Å². The van der Waals surface area contributed by atoms with Crippen LogP contribution in [0, 0.1) is 5.92 Å². The first-order chi connectivity index (χ1) is 8.09. The van der Waals surface area contributed by atoms with E-state index in [-0.39, 0.29) is 18.1 Å². The van der Waals surface area contributed by atoms with Gasteiger partial charge in [-0.3, -0.25) is 4.79 Å². The van der Waals surface area contributed by atoms with E-state index in [9.17, 15) is 4.79 Å². The lowest BCUT2D eigenvalue weighted by atomic mass is 10.1. The molecular formula is C13H26N2O2. The Hall–Kier alpha value is -0.610. The number of nitrogens with one attached hydrogen (secondary N) is 2. The highest BCUT2D eigenvalue weighted by atomic mass is 16.5. The number of carbonyl (C=O) groups excluding carboxylic acids is 1. The third kappa shape index (κ3) is 6.03. The molecular weight excluding hydrogens is 216 g/mol. The summed E-state index contributed by atoms with van der Waals surface area (Å²) in [6.45, 7) is 8.81. The standard InChI is InChI=1S/C13H26N2O2/c1-10(2)6-8-15-13(16)11(3)17-12-5-4-7-14-9-12/h10-12,14H,4-9H2,1-3H3,(H,15,16)/t11?,12-/m0/s1. The summed E-state index contributed by atoms with van der Waals surface area (Å²) in [7, 11) is 0. The van der Waals surface area contributed by atoms with Crippen LogP contribution in [-0.2, 0) is 9.53 Å². The third-order valence-corrected chi connectivity index (χ3v) is 3.04. The van der Waals surface area contributed by atoms with Gasteiger partial charge in [-0.15, -0.1) is 0 Å². The average Bonchev–Trinajstić information content (AvgIpc) is 2.29. The molecule has 1 heterocycles. The first kappa shape index (κ1) is 14.5. The summed E-state index contributed by atoms with van der Waals surface area (Å²) < 4.78 is 5.74. The molecule has 2 N–H and O–H groups in total. The van der Waals surface area contributed by atoms with Crippen molar-refractivity contribution < 1.29 is 9.53 Å². The highest BCUT2D eigenvalue weighted by molar-refractivity contribution is 5.80. The van der Waals surface area contributed by atoms with Gasteiger partial charge in [0.15, 0.2) is 0 Å². The first-order valence-electron chi connectivity index (χ1n) is 6.73. The van der Waals surface area contributed by atoms with Crippen LogP contribution in [0.25, 0.3) is 0 Å². The molecule has 1 aliphatic rings. The zero-order chi connectivity index (χ0) is 12.7. The topological polar surface area (TPSA) is 50.4 Å². The fourth-order valence-electron chi connectivity index (χ4n) is 1.91. The summed E-state index contributed by atoms with van der Waals surface area (Å²) >= 11 is 0. The zero-order valence-corrected chi connectivity index (χ0v) is 11.3. The van der Waals surface area contributed by atoms with Crippen molar-refractivity contribution in [1.29, 1.82) is 0 Å². The van der Waals surface area contributed by atoms with E-state index in [4.69, 9.17) is 4.74 Å². The Balaban J connectivity index is 2.16. The van der Waals surface area contributed by atoms with E-state index in [2.05, 4.69) is 24.5 Å². The number of rotatable bonds is 6. The molecule has 0 radical (unpaired) electrons. The minimum atomic E-state index is -0.341. The molecule has 17 heavy (non-hydrogen) atoms. The minimum Gasteiger partial charge on any atom is -0.364 e. The number of piperidine rings is 1. The number of carbonyl (C=O) groups is 1. The second kappa shape index (κ2) is 7.67. The molecule has 0 aromatic heterocycles. The molecule has 100 valence electrons. The van der Waals surface area contributed by atoms with Crippen LogP contribution in [0.1, 0.15) is 40.0 Å². The van der Waals surface area contributed by atoms with Crippen molar-refractivity contribution in [2.24, 2.45) is 5.92 Å². The SMILES string of the molecule is CC(C)CCNC(=O)C(C)O[C@H]1CCCNC1. The fourth-order valence-corrected chi connectivity index (χ4v) is 1.91. The predicted molar refractivity (Wildman–Crippen MR) is 68.9 cm³/mol. The zero-order valence-electron chi connectivity index (χ0n) is 11.3. The van der Waals surface area contributed by atoms with Crippen molar-refractivity contribution in [1.82, 2.24) is 10.6 Å². The van der Waals surface area contributed by atoms with Gasteiger partial charge in [-0.25, -0.2) is 0 Å². The van der Waals surface area contributed by atoms with Crippen molar-refractivity contribution in [3.63, 3.8) is 0 Å². The van der Waals surface area contributed by atoms with Crippen LogP contribution in [0.2, 0.25) is 0 Å². The molecule has 1 unspecified atom stereocenters. The van der Waals surface area contributed by atoms with Crippen LogP contribution in [0.3, 0.4) is 0 Å². The lowest BCUT2D eigenvalue weighted by Gasteiger charge is -2.26. The van der Waals surface area contributed by atoms with Crippen molar-refractivity contribution in [3.05, 3.63) is 0 Å².